The third-order valence-electron chi connectivity index (χ3n) is 6.39. The lowest BCUT2D eigenvalue weighted by atomic mass is 10.1. The number of benzene rings is 3. The van der Waals surface area contributed by atoms with Crippen molar-refractivity contribution in [2.45, 2.75) is 44.2 Å². The van der Waals surface area contributed by atoms with Crippen molar-refractivity contribution in [3.05, 3.63) is 94.5 Å². The minimum Gasteiger partial charge on any atom is -0.497 e. The van der Waals surface area contributed by atoms with Crippen molar-refractivity contribution in [1.29, 1.82) is 0 Å². The van der Waals surface area contributed by atoms with Crippen LogP contribution in [-0.4, -0.2) is 56.3 Å². The SMILES string of the molecule is CCCNC(=O)[C@@H](CC)N(Cc1ccc(OC)cc1)C(=O)CN(c1cccc([N+](=O)[O-])c1)S(=O)(=O)c1ccccc1. The molecule has 0 aromatic heterocycles. The Kier molecular flexibility index (Phi) is 10.8. The zero-order valence-corrected chi connectivity index (χ0v) is 24.0. The van der Waals surface area contributed by atoms with Crippen LogP contribution >= 0.6 is 0 Å². The summed E-state index contributed by atoms with van der Waals surface area (Å²) in [5.41, 5.74) is 0.321. The van der Waals surface area contributed by atoms with Crippen LogP contribution in [-0.2, 0) is 26.2 Å². The largest absolute Gasteiger partial charge is 0.497 e. The number of rotatable bonds is 14. The van der Waals surface area contributed by atoms with Crippen molar-refractivity contribution in [3.63, 3.8) is 0 Å². The van der Waals surface area contributed by atoms with Crippen molar-refractivity contribution < 1.29 is 27.7 Å². The number of amides is 2. The number of nitro benzene ring substituents is 1. The fourth-order valence-corrected chi connectivity index (χ4v) is 5.65. The second-order valence-electron chi connectivity index (χ2n) is 9.19. The molecule has 0 aliphatic rings. The number of methoxy groups -OCH3 is 1. The number of hydrogen-bond acceptors (Lipinski definition) is 7. The van der Waals surface area contributed by atoms with Crippen LogP contribution in [0.3, 0.4) is 0 Å². The Balaban J connectivity index is 2.07. The van der Waals surface area contributed by atoms with Gasteiger partial charge in [0.05, 0.1) is 22.6 Å². The minimum absolute atomic E-state index is 0.0229. The number of nitro groups is 1. The lowest BCUT2D eigenvalue weighted by molar-refractivity contribution is -0.384. The van der Waals surface area contributed by atoms with Gasteiger partial charge in [0.2, 0.25) is 11.8 Å². The Morgan fingerprint density at radius 2 is 1.68 bits per heavy atom. The van der Waals surface area contributed by atoms with Crippen LogP contribution < -0.4 is 14.4 Å². The summed E-state index contributed by atoms with van der Waals surface area (Å²) < 4.78 is 33.7. The number of non-ortho nitro benzene ring substituents is 1. The zero-order chi connectivity index (χ0) is 30.0. The summed E-state index contributed by atoms with van der Waals surface area (Å²) in [5, 5.41) is 14.3. The van der Waals surface area contributed by atoms with Crippen molar-refractivity contribution >= 4 is 33.2 Å². The molecule has 218 valence electrons. The number of hydrogen-bond donors (Lipinski definition) is 1. The molecule has 0 saturated carbocycles. The molecule has 3 aromatic rings. The molecule has 0 aliphatic carbocycles. The molecule has 2 amide bonds. The fraction of sp³-hybridized carbons (Fsp3) is 0.310. The first-order chi connectivity index (χ1) is 19.6. The third-order valence-corrected chi connectivity index (χ3v) is 8.17. The maximum Gasteiger partial charge on any atom is 0.271 e. The monoisotopic (exact) mass is 582 g/mol. The normalized spacial score (nSPS) is 11.8. The number of carbonyl (C=O) groups is 2. The molecule has 0 fully saturated rings. The lowest BCUT2D eigenvalue weighted by Gasteiger charge is -2.33. The van der Waals surface area contributed by atoms with Crippen LogP contribution in [0, 0.1) is 10.1 Å². The van der Waals surface area contributed by atoms with E-state index >= 15 is 0 Å². The van der Waals surface area contributed by atoms with E-state index in [1.54, 1.807) is 49.4 Å². The molecule has 1 N–H and O–H groups in total. The van der Waals surface area contributed by atoms with Gasteiger partial charge in [-0.05, 0) is 48.7 Å². The highest BCUT2D eigenvalue weighted by Crippen LogP contribution is 2.28. The van der Waals surface area contributed by atoms with Gasteiger partial charge in [-0.2, -0.15) is 0 Å². The Morgan fingerprint density at radius 3 is 2.27 bits per heavy atom. The van der Waals surface area contributed by atoms with Crippen LogP contribution in [0.1, 0.15) is 32.3 Å². The van der Waals surface area contributed by atoms with Gasteiger partial charge < -0.3 is 15.0 Å². The highest BCUT2D eigenvalue weighted by atomic mass is 32.2. The molecule has 0 heterocycles. The van der Waals surface area contributed by atoms with E-state index in [0.717, 1.165) is 10.4 Å². The predicted molar refractivity (Wildman–Crippen MR) is 155 cm³/mol. The Labute approximate surface area is 239 Å². The van der Waals surface area contributed by atoms with Crippen LogP contribution in [0.25, 0.3) is 0 Å². The predicted octanol–water partition coefficient (Wildman–Crippen LogP) is 4.13. The highest BCUT2D eigenvalue weighted by Gasteiger charge is 2.34. The summed E-state index contributed by atoms with van der Waals surface area (Å²) >= 11 is 0. The van der Waals surface area contributed by atoms with E-state index in [9.17, 15) is 28.1 Å². The number of carbonyl (C=O) groups excluding carboxylic acids is 2. The van der Waals surface area contributed by atoms with Gasteiger partial charge in [-0.3, -0.25) is 24.0 Å². The van der Waals surface area contributed by atoms with Gasteiger partial charge >= 0.3 is 0 Å². The molecule has 0 radical (unpaired) electrons. The first-order valence-corrected chi connectivity index (χ1v) is 14.6. The molecule has 0 bridgehead atoms. The molecule has 3 rings (SSSR count). The number of ether oxygens (including phenoxy) is 1. The number of nitrogens with one attached hydrogen (secondary N) is 1. The summed E-state index contributed by atoms with van der Waals surface area (Å²) in [6, 6.07) is 18.7. The number of nitrogens with zero attached hydrogens (tertiary/aromatic N) is 3. The molecule has 0 saturated heterocycles. The Bertz CT molecular complexity index is 1450. The topological polar surface area (TPSA) is 139 Å². The first-order valence-electron chi connectivity index (χ1n) is 13.1. The van der Waals surface area contributed by atoms with Crippen molar-refractivity contribution in [3.8, 4) is 5.75 Å². The molecular weight excluding hydrogens is 548 g/mol. The molecule has 1 atom stereocenters. The quantitative estimate of drug-likeness (QED) is 0.223. The summed E-state index contributed by atoms with van der Waals surface area (Å²) in [7, 11) is -2.79. The van der Waals surface area contributed by atoms with Crippen molar-refractivity contribution in [2.24, 2.45) is 0 Å². The second-order valence-corrected chi connectivity index (χ2v) is 11.0. The second kappa shape index (κ2) is 14.3. The summed E-state index contributed by atoms with van der Waals surface area (Å²) in [6.07, 6.45) is 0.976. The van der Waals surface area contributed by atoms with Gasteiger partial charge in [0, 0.05) is 25.2 Å². The maximum absolute atomic E-state index is 14.0. The first kappa shape index (κ1) is 31.1. The smallest absolute Gasteiger partial charge is 0.271 e. The Morgan fingerprint density at radius 1 is 1.00 bits per heavy atom. The van der Waals surface area contributed by atoms with Gasteiger partial charge in [0.15, 0.2) is 0 Å². The minimum atomic E-state index is -4.33. The van der Waals surface area contributed by atoms with E-state index in [0.29, 0.717) is 24.3 Å². The average molecular weight is 583 g/mol. The van der Waals surface area contributed by atoms with E-state index in [1.165, 1.54) is 42.3 Å². The van der Waals surface area contributed by atoms with Gasteiger partial charge in [0.25, 0.3) is 15.7 Å². The van der Waals surface area contributed by atoms with E-state index in [1.807, 2.05) is 6.92 Å². The molecular formula is C29H34N4O7S. The van der Waals surface area contributed by atoms with Crippen LogP contribution in [0.15, 0.2) is 83.8 Å². The number of sulfonamides is 1. The van der Waals surface area contributed by atoms with Gasteiger partial charge in [-0.15, -0.1) is 0 Å². The van der Waals surface area contributed by atoms with Crippen molar-refractivity contribution in [1.82, 2.24) is 10.2 Å². The molecule has 0 aliphatic heterocycles. The van der Waals surface area contributed by atoms with E-state index in [2.05, 4.69) is 5.32 Å². The molecule has 12 heteroatoms. The Hall–Kier alpha value is -4.45. The van der Waals surface area contributed by atoms with E-state index in [-0.39, 0.29) is 35.1 Å². The van der Waals surface area contributed by atoms with Gasteiger partial charge in [-0.25, -0.2) is 8.42 Å². The summed E-state index contributed by atoms with van der Waals surface area (Å²) in [5.74, 6) is -0.389. The summed E-state index contributed by atoms with van der Waals surface area (Å²) in [4.78, 5) is 39.2. The maximum atomic E-state index is 14.0. The van der Waals surface area contributed by atoms with Crippen LogP contribution in [0.2, 0.25) is 0 Å². The molecule has 11 nitrogen and oxygen atoms in total. The molecule has 0 unspecified atom stereocenters. The molecule has 0 spiro atoms. The van der Waals surface area contributed by atoms with Crippen molar-refractivity contribution in [2.75, 3.05) is 24.5 Å². The van der Waals surface area contributed by atoms with E-state index < -0.39 is 33.4 Å². The highest BCUT2D eigenvalue weighted by molar-refractivity contribution is 7.92. The molecule has 41 heavy (non-hydrogen) atoms. The third kappa shape index (κ3) is 7.82. The standard InChI is InChI=1S/C29H34N4O7S/c1-4-18-30-29(35)27(5-2)31(20-22-14-16-25(40-3)17-15-22)28(34)21-32(23-10-9-11-24(19-23)33(36)37)41(38,39)26-12-7-6-8-13-26/h6-17,19,27H,4-5,18,20-21H2,1-3H3,(H,30,35)/t27-/m1/s1. The van der Waals surface area contributed by atoms with Gasteiger partial charge in [0.1, 0.15) is 18.3 Å². The fourth-order valence-electron chi connectivity index (χ4n) is 4.22. The van der Waals surface area contributed by atoms with Crippen LogP contribution in [0.5, 0.6) is 5.75 Å². The van der Waals surface area contributed by atoms with Gasteiger partial charge in [-0.1, -0.05) is 50.2 Å². The zero-order valence-electron chi connectivity index (χ0n) is 23.2. The number of anilines is 1. The lowest BCUT2D eigenvalue weighted by Crippen LogP contribution is -2.52. The van der Waals surface area contributed by atoms with E-state index in [4.69, 9.17) is 4.74 Å². The summed E-state index contributed by atoms with van der Waals surface area (Å²) in [6.45, 7) is 3.43. The van der Waals surface area contributed by atoms with Crippen LogP contribution in [0.4, 0.5) is 11.4 Å². The average Bonchev–Trinajstić information content (AvgIpc) is 2.99. The molecule has 3 aromatic carbocycles.